The van der Waals surface area contributed by atoms with Crippen molar-refractivity contribution in [2.24, 2.45) is 0 Å². The predicted molar refractivity (Wildman–Crippen MR) is 81.0 cm³/mol. The third-order valence-corrected chi connectivity index (χ3v) is 3.88. The van der Waals surface area contributed by atoms with Gasteiger partial charge in [-0.3, -0.25) is 9.59 Å². The lowest BCUT2D eigenvalue weighted by molar-refractivity contribution is -0.134. The topological polar surface area (TPSA) is 85.9 Å². The summed E-state index contributed by atoms with van der Waals surface area (Å²) < 4.78 is 15.8. The van der Waals surface area contributed by atoms with Crippen molar-refractivity contribution < 1.29 is 23.8 Å². The Kier molecular flexibility index (Phi) is 4.66. The molecule has 2 atom stereocenters. The van der Waals surface area contributed by atoms with Crippen molar-refractivity contribution in [1.29, 1.82) is 0 Å². The van der Waals surface area contributed by atoms with Crippen LogP contribution in [0.2, 0.25) is 0 Å². The molecule has 0 spiro atoms. The first-order valence-electron chi connectivity index (χ1n) is 7.71. The third-order valence-electron chi connectivity index (χ3n) is 3.88. The molecule has 2 amide bonds. The van der Waals surface area contributed by atoms with Crippen molar-refractivity contribution in [1.82, 2.24) is 10.6 Å². The second-order valence-corrected chi connectivity index (χ2v) is 5.64. The molecule has 2 aliphatic heterocycles. The van der Waals surface area contributed by atoms with Gasteiger partial charge in [-0.15, -0.1) is 0 Å². The quantitative estimate of drug-likeness (QED) is 0.835. The van der Waals surface area contributed by atoms with E-state index in [2.05, 4.69) is 10.6 Å². The van der Waals surface area contributed by atoms with Crippen LogP contribution in [-0.2, 0) is 20.9 Å². The maximum absolute atomic E-state index is 12.1. The van der Waals surface area contributed by atoms with E-state index in [1.807, 2.05) is 18.2 Å². The third kappa shape index (κ3) is 3.73. The molecule has 3 rings (SSSR count). The average Bonchev–Trinajstić information content (AvgIpc) is 3.22. The van der Waals surface area contributed by atoms with Crippen molar-refractivity contribution in [2.75, 3.05) is 13.4 Å². The first kappa shape index (κ1) is 15.6. The number of benzene rings is 1. The lowest BCUT2D eigenvalue weighted by atomic mass is 10.2. The molecule has 1 aromatic carbocycles. The van der Waals surface area contributed by atoms with E-state index in [-0.39, 0.29) is 18.6 Å². The molecule has 0 bridgehead atoms. The van der Waals surface area contributed by atoms with Gasteiger partial charge in [0, 0.05) is 13.2 Å². The zero-order valence-corrected chi connectivity index (χ0v) is 13.0. The van der Waals surface area contributed by atoms with Gasteiger partial charge in [-0.1, -0.05) is 6.07 Å². The Morgan fingerprint density at radius 1 is 1.30 bits per heavy atom. The molecule has 0 saturated carbocycles. The van der Waals surface area contributed by atoms with Gasteiger partial charge in [0.2, 0.25) is 18.6 Å². The van der Waals surface area contributed by atoms with Crippen molar-refractivity contribution in [2.45, 2.75) is 38.5 Å². The summed E-state index contributed by atoms with van der Waals surface area (Å²) in [5.41, 5.74) is 0.903. The Morgan fingerprint density at radius 3 is 2.91 bits per heavy atom. The molecule has 7 heteroatoms. The van der Waals surface area contributed by atoms with Gasteiger partial charge in [-0.2, -0.15) is 0 Å². The number of carbonyl (C=O) groups excluding carboxylic acids is 2. The monoisotopic (exact) mass is 320 g/mol. The highest BCUT2D eigenvalue weighted by Gasteiger charge is 2.26. The molecule has 0 radical (unpaired) electrons. The number of hydrogen-bond acceptors (Lipinski definition) is 5. The zero-order valence-electron chi connectivity index (χ0n) is 13.0. The first-order valence-corrected chi connectivity index (χ1v) is 7.71. The lowest BCUT2D eigenvalue weighted by Crippen LogP contribution is -2.47. The molecule has 0 aliphatic carbocycles. The van der Waals surface area contributed by atoms with Crippen LogP contribution in [0.1, 0.15) is 25.3 Å². The smallest absolute Gasteiger partial charge is 0.249 e. The van der Waals surface area contributed by atoms with E-state index in [0.717, 1.165) is 12.0 Å². The summed E-state index contributed by atoms with van der Waals surface area (Å²) in [6.45, 7) is 2.83. The van der Waals surface area contributed by atoms with E-state index in [1.165, 1.54) is 0 Å². The van der Waals surface area contributed by atoms with Crippen LogP contribution >= 0.6 is 0 Å². The Balaban J connectivity index is 1.47. The van der Waals surface area contributed by atoms with Crippen molar-refractivity contribution in [3.63, 3.8) is 0 Å². The van der Waals surface area contributed by atoms with E-state index < -0.39 is 12.1 Å². The molecule has 2 aliphatic rings. The van der Waals surface area contributed by atoms with Gasteiger partial charge in [-0.25, -0.2) is 0 Å². The molecule has 1 fully saturated rings. The minimum atomic E-state index is -0.610. The fourth-order valence-corrected chi connectivity index (χ4v) is 2.55. The average molecular weight is 320 g/mol. The molecule has 7 nitrogen and oxygen atoms in total. The first-order chi connectivity index (χ1) is 11.1. The van der Waals surface area contributed by atoms with Crippen molar-refractivity contribution in [3.05, 3.63) is 23.8 Å². The summed E-state index contributed by atoms with van der Waals surface area (Å²) in [5, 5.41) is 5.47. The predicted octanol–water partition coefficient (Wildman–Crippen LogP) is 0.715. The van der Waals surface area contributed by atoms with Gasteiger partial charge in [0.25, 0.3) is 0 Å². The molecule has 0 aromatic heterocycles. The summed E-state index contributed by atoms with van der Waals surface area (Å²) in [4.78, 5) is 24.0. The highest BCUT2D eigenvalue weighted by Crippen LogP contribution is 2.32. The lowest BCUT2D eigenvalue weighted by Gasteiger charge is -2.16. The summed E-state index contributed by atoms with van der Waals surface area (Å²) in [7, 11) is 0. The molecular formula is C16H20N2O5. The number of ether oxygens (including phenoxy) is 3. The van der Waals surface area contributed by atoms with Crippen molar-refractivity contribution in [3.8, 4) is 11.5 Å². The molecule has 124 valence electrons. The summed E-state index contributed by atoms with van der Waals surface area (Å²) in [6.07, 6.45) is 1.15. The normalized spacial score (nSPS) is 20.1. The molecule has 2 heterocycles. The van der Waals surface area contributed by atoms with Crippen LogP contribution in [0.3, 0.4) is 0 Å². The van der Waals surface area contributed by atoms with Crippen LogP contribution in [-0.4, -0.2) is 37.4 Å². The van der Waals surface area contributed by atoms with Crippen LogP contribution in [0.25, 0.3) is 0 Å². The number of hydrogen-bond donors (Lipinski definition) is 2. The highest BCUT2D eigenvalue weighted by atomic mass is 16.7. The van der Waals surface area contributed by atoms with Gasteiger partial charge in [0.05, 0.1) is 0 Å². The van der Waals surface area contributed by atoms with E-state index in [0.29, 0.717) is 31.1 Å². The molecular weight excluding hydrogens is 300 g/mol. The van der Waals surface area contributed by atoms with E-state index in [9.17, 15) is 9.59 Å². The Morgan fingerprint density at radius 2 is 2.13 bits per heavy atom. The Labute approximate surface area is 134 Å². The van der Waals surface area contributed by atoms with E-state index in [4.69, 9.17) is 14.2 Å². The molecule has 1 saturated heterocycles. The number of nitrogens with one attached hydrogen (secondary N) is 2. The summed E-state index contributed by atoms with van der Waals surface area (Å²) in [5.74, 6) is 0.913. The van der Waals surface area contributed by atoms with Crippen molar-refractivity contribution >= 4 is 11.8 Å². The number of carbonyl (C=O) groups is 2. The van der Waals surface area contributed by atoms with Gasteiger partial charge in [0.1, 0.15) is 12.1 Å². The number of fused-ring (bicyclic) bond motifs is 1. The van der Waals surface area contributed by atoms with E-state index in [1.54, 1.807) is 6.92 Å². The fraction of sp³-hybridized carbons (Fsp3) is 0.500. The maximum atomic E-state index is 12.1. The second-order valence-electron chi connectivity index (χ2n) is 5.64. The van der Waals surface area contributed by atoms with Crippen LogP contribution < -0.4 is 20.1 Å². The maximum Gasteiger partial charge on any atom is 0.249 e. The minimum Gasteiger partial charge on any atom is -0.454 e. The van der Waals surface area contributed by atoms with Crippen LogP contribution in [0.15, 0.2) is 18.2 Å². The molecule has 1 unspecified atom stereocenters. The van der Waals surface area contributed by atoms with Crippen LogP contribution in [0.5, 0.6) is 11.5 Å². The molecule has 1 aromatic rings. The standard InChI is InChI=1S/C16H20N2O5/c1-10(18-16(20)13-3-2-6-21-13)15(19)17-8-11-4-5-12-14(7-11)23-9-22-12/h4-5,7,10,13H,2-3,6,8-9H2,1H3,(H,17,19)(H,18,20)/t10-,13?/m1/s1. The minimum absolute atomic E-state index is 0.220. The van der Waals surface area contributed by atoms with Crippen LogP contribution in [0, 0.1) is 0 Å². The largest absolute Gasteiger partial charge is 0.454 e. The van der Waals surface area contributed by atoms with Gasteiger partial charge < -0.3 is 24.8 Å². The Bertz CT molecular complexity index is 598. The van der Waals surface area contributed by atoms with Gasteiger partial charge >= 0.3 is 0 Å². The Hall–Kier alpha value is -2.28. The van der Waals surface area contributed by atoms with Crippen LogP contribution in [0.4, 0.5) is 0 Å². The van der Waals surface area contributed by atoms with Gasteiger partial charge in [-0.05, 0) is 37.5 Å². The summed E-state index contributed by atoms with van der Waals surface area (Å²) >= 11 is 0. The highest BCUT2D eigenvalue weighted by molar-refractivity contribution is 5.89. The number of amides is 2. The zero-order chi connectivity index (χ0) is 16.2. The van der Waals surface area contributed by atoms with Gasteiger partial charge in [0.15, 0.2) is 11.5 Å². The van der Waals surface area contributed by atoms with E-state index >= 15 is 0 Å². The molecule has 2 N–H and O–H groups in total. The molecule has 23 heavy (non-hydrogen) atoms. The number of rotatable bonds is 5. The second kappa shape index (κ2) is 6.87. The summed E-state index contributed by atoms with van der Waals surface area (Å²) in [6, 6.07) is 4.90. The fourth-order valence-electron chi connectivity index (χ4n) is 2.55. The SMILES string of the molecule is C[C@@H](NC(=O)C1CCCO1)C(=O)NCc1ccc2c(c1)OCO2.